The van der Waals surface area contributed by atoms with Crippen molar-refractivity contribution in [1.29, 1.82) is 0 Å². The Labute approximate surface area is 139 Å². The second-order valence-corrected chi connectivity index (χ2v) is 6.44. The first kappa shape index (κ1) is 16.7. The fourth-order valence-electron chi connectivity index (χ4n) is 2.92. The molecule has 0 radical (unpaired) electrons. The normalized spacial score (nSPS) is 18.3. The van der Waals surface area contributed by atoms with E-state index in [0.29, 0.717) is 25.9 Å². The molecule has 2 fully saturated rings. The number of urea groups is 1. The van der Waals surface area contributed by atoms with E-state index in [1.165, 1.54) is 0 Å². The number of benzene rings is 1. The van der Waals surface area contributed by atoms with Gasteiger partial charge in [-0.3, -0.25) is 4.79 Å². The first-order chi connectivity index (χ1) is 11.5. The van der Waals surface area contributed by atoms with Gasteiger partial charge in [0.1, 0.15) is 11.6 Å². The second kappa shape index (κ2) is 7.15. The Balaban J connectivity index is 1.41. The standard InChI is InChI=1S/C17H21F2N3O2/c18-13-3-4-15(19)12(9-13)10-20-17(24)21-14-5-7-22(8-6-14)16(23)11-1-2-11/h3-4,9,11,14H,1-2,5-8,10H2,(H2,20,21,24). The van der Waals surface area contributed by atoms with Crippen molar-refractivity contribution < 1.29 is 18.4 Å². The van der Waals surface area contributed by atoms with E-state index in [4.69, 9.17) is 0 Å². The van der Waals surface area contributed by atoms with Crippen LogP contribution in [0.2, 0.25) is 0 Å². The number of halogens is 2. The molecule has 0 atom stereocenters. The summed E-state index contributed by atoms with van der Waals surface area (Å²) in [6, 6.07) is 2.72. The lowest BCUT2D eigenvalue weighted by molar-refractivity contribution is -0.133. The molecule has 2 aliphatic rings. The molecule has 130 valence electrons. The summed E-state index contributed by atoms with van der Waals surface area (Å²) in [7, 11) is 0. The van der Waals surface area contributed by atoms with Gasteiger partial charge in [0, 0.05) is 37.2 Å². The summed E-state index contributed by atoms with van der Waals surface area (Å²) in [5.41, 5.74) is 0.106. The number of nitrogens with one attached hydrogen (secondary N) is 2. The lowest BCUT2D eigenvalue weighted by atomic mass is 10.0. The summed E-state index contributed by atoms with van der Waals surface area (Å²) in [4.78, 5) is 25.7. The molecule has 24 heavy (non-hydrogen) atoms. The minimum atomic E-state index is -0.552. The Morgan fingerprint density at radius 2 is 1.83 bits per heavy atom. The number of hydrogen-bond donors (Lipinski definition) is 2. The van der Waals surface area contributed by atoms with Crippen LogP contribution in [0.3, 0.4) is 0 Å². The van der Waals surface area contributed by atoms with Gasteiger partial charge in [-0.25, -0.2) is 13.6 Å². The van der Waals surface area contributed by atoms with E-state index >= 15 is 0 Å². The molecule has 1 heterocycles. The van der Waals surface area contributed by atoms with E-state index in [0.717, 1.165) is 31.0 Å². The fourth-order valence-corrected chi connectivity index (χ4v) is 2.92. The number of amides is 3. The third kappa shape index (κ3) is 4.21. The van der Waals surface area contributed by atoms with Crippen LogP contribution in [-0.4, -0.2) is 36.0 Å². The molecule has 7 heteroatoms. The number of likely N-dealkylation sites (tertiary alicyclic amines) is 1. The van der Waals surface area contributed by atoms with Gasteiger partial charge < -0.3 is 15.5 Å². The molecule has 0 aromatic heterocycles. The number of hydrogen-bond acceptors (Lipinski definition) is 2. The Hall–Kier alpha value is -2.18. The van der Waals surface area contributed by atoms with Crippen LogP contribution in [0.4, 0.5) is 13.6 Å². The van der Waals surface area contributed by atoms with Gasteiger partial charge in [-0.15, -0.1) is 0 Å². The van der Waals surface area contributed by atoms with Crippen LogP contribution < -0.4 is 10.6 Å². The van der Waals surface area contributed by atoms with E-state index in [2.05, 4.69) is 10.6 Å². The zero-order chi connectivity index (χ0) is 17.1. The molecule has 0 unspecified atom stereocenters. The molecular formula is C17H21F2N3O2. The first-order valence-electron chi connectivity index (χ1n) is 8.30. The van der Waals surface area contributed by atoms with Gasteiger partial charge in [-0.05, 0) is 43.9 Å². The van der Waals surface area contributed by atoms with Crippen LogP contribution >= 0.6 is 0 Å². The maximum atomic E-state index is 13.5. The highest BCUT2D eigenvalue weighted by Gasteiger charge is 2.35. The van der Waals surface area contributed by atoms with Gasteiger partial charge in [-0.2, -0.15) is 0 Å². The molecule has 0 spiro atoms. The highest BCUT2D eigenvalue weighted by Crippen LogP contribution is 2.31. The van der Waals surface area contributed by atoms with Crippen LogP contribution in [0.5, 0.6) is 0 Å². The van der Waals surface area contributed by atoms with Crippen molar-refractivity contribution >= 4 is 11.9 Å². The average Bonchev–Trinajstić information content (AvgIpc) is 3.41. The van der Waals surface area contributed by atoms with E-state index in [-0.39, 0.29) is 30.0 Å². The van der Waals surface area contributed by atoms with E-state index in [9.17, 15) is 18.4 Å². The third-order valence-corrected chi connectivity index (χ3v) is 4.52. The van der Waals surface area contributed by atoms with E-state index < -0.39 is 17.7 Å². The molecule has 1 aromatic carbocycles. The Morgan fingerprint density at radius 3 is 2.50 bits per heavy atom. The van der Waals surface area contributed by atoms with Crippen LogP contribution in [0, 0.1) is 17.6 Å². The summed E-state index contributed by atoms with van der Waals surface area (Å²) in [6.45, 7) is 1.23. The Kier molecular flexibility index (Phi) is 4.97. The molecule has 1 saturated carbocycles. The summed E-state index contributed by atoms with van der Waals surface area (Å²) >= 11 is 0. The van der Waals surface area contributed by atoms with Crippen LogP contribution in [0.1, 0.15) is 31.2 Å². The number of nitrogens with zero attached hydrogens (tertiary/aromatic N) is 1. The van der Waals surface area contributed by atoms with Crippen LogP contribution in [0.25, 0.3) is 0 Å². The Bertz CT molecular complexity index is 626. The first-order valence-corrected chi connectivity index (χ1v) is 8.30. The molecule has 1 aliphatic heterocycles. The highest BCUT2D eigenvalue weighted by atomic mass is 19.1. The molecule has 2 N–H and O–H groups in total. The van der Waals surface area contributed by atoms with Crippen molar-refractivity contribution in [2.24, 2.45) is 5.92 Å². The average molecular weight is 337 g/mol. The van der Waals surface area contributed by atoms with Gasteiger partial charge in [0.15, 0.2) is 0 Å². The monoisotopic (exact) mass is 337 g/mol. The van der Waals surface area contributed by atoms with E-state index in [1.54, 1.807) is 0 Å². The third-order valence-electron chi connectivity index (χ3n) is 4.52. The van der Waals surface area contributed by atoms with E-state index in [1.807, 2.05) is 4.90 Å². The molecule has 1 saturated heterocycles. The fraction of sp³-hybridized carbons (Fsp3) is 0.529. The summed E-state index contributed by atoms with van der Waals surface area (Å²) in [6.07, 6.45) is 3.41. The topological polar surface area (TPSA) is 61.4 Å². The largest absolute Gasteiger partial charge is 0.342 e. The highest BCUT2D eigenvalue weighted by molar-refractivity contribution is 5.81. The van der Waals surface area contributed by atoms with Crippen LogP contribution in [-0.2, 0) is 11.3 Å². The van der Waals surface area contributed by atoms with Crippen molar-refractivity contribution in [3.05, 3.63) is 35.4 Å². The number of carbonyl (C=O) groups is 2. The lowest BCUT2D eigenvalue weighted by Gasteiger charge is -2.32. The van der Waals surface area contributed by atoms with Crippen molar-refractivity contribution in [1.82, 2.24) is 15.5 Å². The SMILES string of the molecule is O=C(NCc1cc(F)ccc1F)NC1CCN(C(=O)C2CC2)CC1. The smallest absolute Gasteiger partial charge is 0.315 e. The maximum absolute atomic E-state index is 13.5. The number of piperidine rings is 1. The van der Waals surface area contributed by atoms with Crippen molar-refractivity contribution in [2.75, 3.05) is 13.1 Å². The predicted molar refractivity (Wildman–Crippen MR) is 84.1 cm³/mol. The maximum Gasteiger partial charge on any atom is 0.315 e. The zero-order valence-corrected chi connectivity index (χ0v) is 13.4. The molecule has 1 aliphatic carbocycles. The zero-order valence-electron chi connectivity index (χ0n) is 13.4. The van der Waals surface area contributed by atoms with Crippen LogP contribution in [0.15, 0.2) is 18.2 Å². The molecule has 5 nitrogen and oxygen atoms in total. The molecule has 0 bridgehead atoms. The predicted octanol–water partition coefficient (Wildman–Crippen LogP) is 2.17. The molecule has 3 rings (SSSR count). The number of rotatable bonds is 4. The summed E-state index contributed by atoms with van der Waals surface area (Å²) in [5, 5.41) is 5.36. The van der Waals surface area contributed by atoms with Crippen molar-refractivity contribution in [3.63, 3.8) is 0 Å². The Morgan fingerprint density at radius 1 is 1.12 bits per heavy atom. The van der Waals surface area contributed by atoms with Gasteiger partial charge in [0.05, 0.1) is 0 Å². The quantitative estimate of drug-likeness (QED) is 0.884. The van der Waals surface area contributed by atoms with Crippen molar-refractivity contribution in [2.45, 2.75) is 38.3 Å². The molecular weight excluding hydrogens is 316 g/mol. The summed E-state index contributed by atoms with van der Waals surface area (Å²) < 4.78 is 26.6. The lowest BCUT2D eigenvalue weighted by Crippen LogP contribution is -2.49. The van der Waals surface area contributed by atoms with Gasteiger partial charge in [-0.1, -0.05) is 0 Å². The molecule has 3 amide bonds. The van der Waals surface area contributed by atoms with Crippen molar-refractivity contribution in [3.8, 4) is 0 Å². The van der Waals surface area contributed by atoms with Gasteiger partial charge >= 0.3 is 6.03 Å². The summed E-state index contributed by atoms with van der Waals surface area (Å²) in [5.74, 6) is -0.636. The number of carbonyl (C=O) groups excluding carboxylic acids is 2. The van der Waals surface area contributed by atoms with Gasteiger partial charge in [0.2, 0.25) is 5.91 Å². The minimum absolute atomic E-state index is 0.00869. The molecule has 1 aromatic rings. The second-order valence-electron chi connectivity index (χ2n) is 6.44. The minimum Gasteiger partial charge on any atom is -0.342 e. The van der Waals surface area contributed by atoms with Gasteiger partial charge in [0.25, 0.3) is 0 Å².